The second-order valence-corrected chi connectivity index (χ2v) is 15.8. The summed E-state index contributed by atoms with van der Waals surface area (Å²) in [5, 5.41) is 26.5. The maximum absolute atomic E-state index is 14.2. The smallest absolute Gasteiger partial charge is 0.475 e. The standard InChI is InChI=1S/C39H67N5O7.C2HF3O2/c1-13-25(6)34(43(10)33(24(4)5)39(49)42-38(48)32(40-9)23(2)3)30(50-11)22-31(45)44-21-17-20-29(44)36(51-12)26(7)37(47)41-27(8)35(46)28-18-15-14-16-19-28;3-2(4,5)1(6)7/h14-16,18-19,23-27,29-30,32-36,40,46H,13,17,20-22H2,1-12H3,(H,41,47)(H,42,48,49);(H,6,7)/t25-,26+,27+,29-,30+,32-,33-,34-,35+,36+;/m0./s1. The number of hydrogen-bond donors (Lipinski definition) is 5. The molecule has 2 rings (SSSR count). The molecule has 0 aliphatic carbocycles. The first-order valence-corrected chi connectivity index (χ1v) is 19.9. The maximum Gasteiger partial charge on any atom is 0.490 e. The number of nitrogens with zero attached hydrogens (tertiary/aromatic N) is 2. The fourth-order valence-corrected chi connectivity index (χ4v) is 7.75. The molecule has 14 nitrogen and oxygen atoms in total. The molecule has 0 unspecified atom stereocenters. The number of imide groups is 1. The van der Waals surface area contributed by atoms with E-state index in [9.17, 15) is 37.5 Å². The molecule has 1 aliphatic rings. The number of aliphatic hydroxyl groups excluding tert-OH is 1. The second-order valence-electron chi connectivity index (χ2n) is 15.8. The number of carbonyl (C=O) groups excluding carboxylic acids is 4. The highest BCUT2D eigenvalue weighted by Crippen LogP contribution is 2.31. The Morgan fingerprint density at radius 1 is 0.931 bits per heavy atom. The molecule has 0 bridgehead atoms. The highest BCUT2D eigenvalue weighted by Gasteiger charge is 2.44. The minimum Gasteiger partial charge on any atom is -0.475 e. The van der Waals surface area contributed by atoms with Gasteiger partial charge in [-0.3, -0.25) is 29.4 Å². The molecule has 1 fully saturated rings. The van der Waals surface area contributed by atoms with Crippen molar-refractivity contribution in [3.05, 3.63) is 35.9 Å². The Labute approximate surface area is 341 Å². The number of alkyl halides is 3. The molecule has 1 aliphatic heterocycles. The summed E-state index contributed by atoms with van der Waals surface area (Å²) in [7, 11) is 6.72. The zero-order chi connectivity index (χ0) is 44.7. The quantitative estimate of drug-likeness (QED) is 0.127. The van der Waals surface area contributed by atoms with E-state index in [0.717, 1.165) is 12.8 Å². The van der Waals surface area contributed by atoms with E-state index in [1.165, 1.54) is 0 Å². The van der Waals surface area contributed by atoms with E-state index in [0.29, 0.717) is 18.5 Å². The first-order valence-electron chi connectivity index (χ1n) is 19.9. The number of carbonyl (C=O) groups is 5. The molecule has 5 N–H and O–H groups in total. The van der Waals surface area contributed by atoms with E-state index in [-0.39, 0.29) is 59.9 Å². The Balaban J connectivity index is 0.00000219. The summed E-state index contributed by atoms with van der Waals surface area (Å²) in [5.74, 6) is -4.56. The monoisotopic (exact) mass is 831 g/mol. The molecule has 0 radical (unpaired) electrons. The lowest BCUT2D eigenvalue weighted by Gasteiger charge is -2.43. The Morgan fingerprint density at radius 2 is 1.50 bits per heavy atom. The molecule has 17 heteroatoms. The van der Waals surface area contributed by atoms with Crippen molar-refractivity contribution < 1.29 is 56.8 Å². The van der Waals surface area contributed by atoms with Crippen molar-refractivity contribution in [2.24, 2.45) is 23.7 Å². The average molecular weight is 832 g/mol. The number of aliphatic carboxylic acids is 1. The Morgan fingerprint density at radius 3 is 1.95 bits per heavy atom. The number of likely N-dealkylation sites (tertiary alicyclic amines) is 1. The zero-order valence-electron chi connectivity index (χ0n) is 36.1. The predicted molar refractivity (Wildman–Crippen MR) is 213 cm³/mol. The molecule has 0 spiro atoms. The van der Waals surface area contributed by atoms with Crippen LogP contribution in [-0.2, 0) is 33.4 Å². The first kappa shape index (κ1) is 52.4. The molecule has 1 heterocycles. The van der Waals surface area contributed by atoms with Crippen LogP contribution in [0.15, 0.2) is 30.3 Å². The van der Waals surface area contributed by atoms with Gasteiger partial charge in [0.2, 0.25) is 23.6 Å². The van der Waals surface area contributed by atoms with Crippen LogP contribution >= 0.6 is 0 Å². The Bertz CT molecular complexity index is 1450. The number of hydrogen-bond acceptors (Lipinski definition) is 10. The van der Waals surface area contributed by atoms with Gasteiger partial charge in [0, 0.05) is 26.8 Å². The van der Waals surface area contributed by atoms with Crippen molar-refractivity contribution in [2.45, 2.75) is 136 Å². The number of rotatable bonds is 20. The zero-order valence-corrected chi connectivity index (χ0v) is 36.1. The molecule has 4 amide bonds. The van der Waals surface area contributed by atoms with Gasteiger partial charge >= 0.3 is 12.1 Å². The van der Waals surface area contributed by atoms with Gasteiger partial charge in [-0.2, -0.15) is 13.2 Å². The SMILES string of the molecule is CC[C@H](C)[C@@H]([C@@H](CC(=O)N1CCC[C@H]1[C@H](OC)[C@@H](C)C(=O)N[C@H](C)[C@@H](O)c1ccccc1)OC)N(C)[C@H](C(=O)NC(=O)[C@@H](NC)C(C)C)C(C)C.O=C(O)C(F)(F)F. The van der Waals surface area contributed by atoms with Crippen molar-refractivity contribution in [3.63, 3.8) is 0 Å². The lowest BCUT2D eigenvalue weighted by Crippen LogP contribution is -2.60. The number of methoxy groups -OCH3 is 2. The van der Waals surface area contributed by atoms with Crippen LogP contribution in [0.25, 0.3) is 0 Å². The Hall–Kier alpha value is -3.64. The van der Waals surface area contributed by atoms with Gasteiger partial charge in [-0.1, -0.05) is 85.2 Å². The molecule has 332 valence electrons. The molecule has 0 saturated carbocycles. The van der Waals surface area contributed by atoms with Crippen LogP contribution in [-0.4, -0.2) is 133 Å². The topological polar surface area (TPSA) is 187 Å². The van der Waals surface area contributed by atoms with E-state index < -0.39 is 54.5 Å². The van der Waals surface area contributed by atoms with E-state index in [4.69, 9.17) is 19.4 Å². The molecule has 58 heavy (non-hydrogen) atoms. The number of aliphatic hydroxyl groups is 1. The van der Waals surface area contributed by atoms with E-state index in [1.54, 1.807) is 35.1 Å². The van der Waals surface area contributed by atoms with Crippen LogP contribution in [0.5, 0.6) is 0 Å². The lowest BCUT2D eigenvalue weighted by molar-refractivity contribution is -0.192. The largest absolute Gasteiger partial charge is 0.490 e. The number of ether oxygens (including phenoxy) is 2. The minimum absolute atomic E-state index is 0.00429. The van der Waals surface area contributed by atoms with E-state index >= 15 is 0 Å². The first-order chi connectivity index (χ1) is 27.0. The van der Waals surface area contributed by atoms with Crippen molar-refractivity contribution in [2.75, 3.05) is 34.9 Å². The number of amides is 4. The summed E-state index contributed by atoms with van der Waals surface area (Å²) in [6.07, 6.45) is -4.76. The third-order valence-corrected chi connectivity index (χ3v) is 11.0. The minimum atomic E-state index is -5.08. The van der Waals surface area contributed by atoms with Gasteiger partial charge < -0.3 is 35.2 Å². The average Bonchev–Trinajstić information content (AvgIpc) is 3.64. The van der Waals surface area contributed by atoms with Gasteiger partial charge in [-0.25, -0.2) is 4.79 Å². The van der Waals surface area contributed by atoms with Gasteiger partial charge in [0.05, 0.1) is 54.8 Å². The van der Waals surface area contributed by atoms with Crippen LogP contribution in [0.1, 0.15) is 92.7 Å². The summed E-state index contributed by atoms with van der Waals surface area (Å²) < 4.78 is 43.7. The summed E-state index contributed by atoms with van der Waals surface area (Å²) >= 11 is 0. The molecule has 1 saturated heterocycles. The second kappa shape index (κ2) is 24.4. The molecule has 0 aromatic heterocycles. The third kappa shape index (κ3) is 14.9. The van der Waals surface area contributed by atoms with Crippen LogP contribution in [0.2, 0.25) is 0 Å². The van der Waals surface area contributed by atoms with Gasteiger partial charge in [0.1, 0.15) is 0 Å². The normalized spacial score (nSPS) is 19.2. The number of benzene rings is 1. The summed E-state index contributed by atoms with van der Waals surface area (Å²) in [6.45, 7) is 16.0. The van der Waals surface area contributed by atoms with Crippen LogP contribution < -0.4 is 16.0 Å². The van der Waals surface area contributed by atoms with Crippen molar-refractivity contribution in [1.82, 2.24) is 25.8 Å². The van der Waals surface area contributed by atoms with Crippen LogP contribution in [0, 0.1) is 23.7 Å². The number of nitrogens with one attached hydrogen (secondary N) is 3. The highest BCUT2D eigenvalue weighted by molar-refractivity contribution is 6.00. The molecule has 1 aromatic rings. The van der Waals surface area contributed by atoms with Crippen LogP contribution in [0.4, 0.5) is 13.2 Å². The predicted octanol–water partition coefficient (Wildman–Crippen LogP) is 4.16. The molecular weight excluding hydrogens is 763 g/mol. The number of carboxylic acid groups (broad SMARTS) is 1. The number of likely N-dealkylation sites (N-methyl/N-ethyl adjacent to an activating group) is 2. The van der Waals surface area contributed by atoms with E-state index in [2.05, 4.69) is 29.8 Å². The van der Waals surface area contributed by atoms with Gasteiger partial charge in [0.15, 0.2) is 0 Å². The lowest BCUT2D eigenvalue weighted by atomic mass is 9.87. The molecule has 10 atom stereocenters. The fraction of sp³-hybridized carbons (Fsp3) is 0.732. The van der Waals surface area contributed by atoms with Crippen molar-refractivity contribution in [1.29, 1.82) is 0 Å². The summed E-state index contributed by atoms with van der Waals surface area (Å²) in [4.78, 5) is 67.0. The molecule has 1 aromatic carbocycles. The summed E-state index contributed by atoms with van der Waals surface area (Å²) in [6, 6.07) is 6.86. The Kier molecular flexibility index (Phi) is 22.1. The van der Waals surface area contributed by atoms with Gasteiger partial charge in [0.25, 0.3) is 0 Å². The van der Waals surface area contributed by atoms with E-state index in [1.807, 2.05) is 74.9 Å². The summed E-state index contributed by atoms with van der Waals surface area (Å²) in [5.41, 5.74) is 0.713. The van der Waals surface area contributed by atoms with Crippen LogP contribution in [0.3, 0.4) is 0 Å². The third-order valence-electron chi connectivity index (χ3n) is 11.0. The van der Waals surface area contributed by atoms with Crippen molar-refractivity contribution >= 4 is 29.6 Å². The van der Waals surface area contributed by atoms with Crippen molar-refractivity contribution in [3.8, 4) is 0 Å². The van der Waals surface area contributed by atoms with Gasteiger partial charge in [-0.05, 0) is 57.2 Å². The highest BCUT2D eigenvalue weighted by atomic mass is 19.4. The number of halogens is 3. The fourth-order valence-electron chi connectivity index (χ4n) is 7.75. The number of carboxylic acids is 1. The molecular formula is C41H68F3N5O9. The maximum atomic E-state index is 14.2. The van der Waals surface area contributed by atoms with Gasteiger partial charge in [-0.15, -0.1) is 0 Å².